The fraction of sp³-hybridized carbons (Fsp3) is 0. The van der Waals surface area contributed by atoms with Gasteiger partial charge in [-0.15, -0.1) is 0 Å². The van der Waals surface area contributed by atoms with Crippen LogP contribution in [-0.4, -0.2) is 9.97 Å². The molecule has 4 rings (SSSR count). The number of hydrogen-bond acceptors (Lipinski definition) is 3. The summed E-state index contributed by atoms with van der Waals surface area (Å²) < 4.78 is 11.2. The number of imidazole rings is 1. The van der Waals surface area contributed by atoms with Gasteiger partial charge < -0.3 is 14.5 Å². The molecule has 1 aliphatic rings. The Morgan fingerprint density at radius 2 is 1.50 bits per heavy atom. The van der Waals surface area contributed by atoms with Gasteiger partial charge in [0.25, 0.3) is 0 Å². The number of aromatic amines is 1. The Morgan fingerprint density at radius 3 is 2.22 bits per heavy atom. The van der Waals surface area contributed by atoms with Crippen molar-refractivity contribution in [2.45, 2.75) is 0 Å². The van der Waals surface area contributed by atoms with E-state index < -0.39 is 0 Å². The molecule has 0 spiro atoms. The summed E-state index contributed by atoms with van der Waals surface area (Å²) in [4.78, 5) is 7.61. The lowest BCUT2D eigenvalue weighted by molar-refractivity contribution is 0.197. The maximum atomic E-state index is 5.62. The Morgan fingerprint density at radius 1 is 0.833 bits per heavy atom. The molecule has 2 aromatic carbocycles. The largest absolute Gasteiger partial charge is 0.435 e. The number of para-hydroxylation sites is 4. The minimum atomic E-state index is 0.396. The van der Waals surface area contributed by atoms with Crippen molar-refractivity contribution < 1.29 is 9.47 Å². The molecule has 0 saturated carbocycles. The zero-order chi connectivity index (χ0) is 11.9. The van der Waals surface area contributed by atoms with Gasteiger partial charge in [0.05, 0.1) is 11.0 Å². The molecular weight excluding hydrogens is 228 g/mol. The molecule has 0 fully saturated rings. The molecule has 3 aromatic rings. The van der Waals surface area contributed by atoms with Crippen LogP contribution in [0.4, 0.5) is 0 Å². The van der Waals surface area contributed by atoms with Crippen LogP contribution in [0.1, 0.15) is 5.82 Å². The van der Waals surface area contributed by atoms with E-state index in [1.807, 2.05) is 48.5 Å². The van der Waals surface area contributed by atoms with Crippen molar-refractivity contribution in [2.75, 3.05) is 0 Å². The third-order valence-electron chi connectivity index (χ3n) is 2.84. The molecule has 1 radical (unpaired) electrons. The lowest BCUT2D eigenvalue weighted by Crippen LogP contribution is -2.10. The van der Waals surface area contributed by atoms with Crippen LogP contribution >= 0.6 is 0 Å². The summed E-state index contributed by atoms with van der Waals surface area (Å²) in [5, 5.41) is 0. The molecule has 87 valence electrons. The monoisotopic (exact) mass is 237 g/mol. The minimum Gasteiger partial charge on any atom is -0.435 e. The van der Waals surface area contributed by atoms with Gasteiger partial charge in [-0.1, -0.05) is 24.3 Å². The van der Waals surface area contributed by atoms with E-state index in [9.17, 15) is 0 Å². The molecule has 18 heavy (non-hydrogen) atoms. The van der Waals surface area contributed by atoms with Gasteiger partial charge in [0.2, 0.25) is 5.82 Å². The zero-order valence-electron chi connectivity index (χ0n) is 9.38. The fourth-order valence-corrected chi connectivity index (χ4v) is 1.99. The molecule has 0 saturated heterocycles. The predicted molar refractivity (Wildman–Crippen MR) is 66.1 cm³/mol. The first-order chi connectivity index (χ1) is 8.90. The molecule has 0 bridgehead atoms. The number of hydrogen-bond donors (Lipinski definition) is 1. The Balaban J connectivity index is 1.73. The topological polar surface area (TPSA) is 47.1 Å². The Bertz CT molecular complexity index is 662. The lowest BCUT2D eigenvalue weighted by Gasteiger charge is -2.02. The molecule has 1 N–H and O–H groups in total. The van der Waals surface area contributed by atoms with E-state index in [1.54, 1.807) is 0 Å². The van der Waals surface area contributed by atoms with Gasteiger partial charge in [-0.3, -0.25) is 0 Å². The number of ether oxygens (including phenoxy) is 2. The predicted octanol–water partition coefficient (Wildman–Crippen LogP) is 2.87. The maximum Gasteiger partial charge on any atom is 0.400 e. The highest BCUT2D eigenvalue weighted by Gasteiger charge is 2.30. The molecule has 1 aliphatic heterocycles. The van der Waals surface area contributed by atoms with Crippen LogP contribution in [0.2, 0.25) is 0 Å². The van der Waals surface area contributed by atoms with E-state index >= 15 is 0 Å². The molecule has 4 nitrogen and oxygen atoms in total. The Hall–Kier alpha value is -2.49. The number of aromatic nitrogens is 2. The van der Waals surface area contributed by atoms with Crippen molar-refractivity contribution in [1.82, 2.24) is 9.97 Å². The molecule has 2 heterocycles. The Kier molecular flexibility index (Phi) is 1.85. The number of benzene rings is 2. The third kappa shape index (κ3) is 1.35. The number of nitrogens with zero attached hydrogens (tertiary/aromatic N) is 1. The third-order valence-corrected chi connectivity index (χ3v) is 2.84. The van der Waals surface area contributed by atoms with Crippen molar-refractivity contribution >= 4 is 11.0 Å². The van der Waals surface area contributed by atoms with Crippen LogP contribution in [0.15, 0.2) is 48.5 Å². The summed E-state index contributed by atoms with van der Waals surface area (Å²) in [7, 11) is 0. The second-order valence-corrected chi connectivity index (χ2v) is 4.04. The smallest absolute Gasteiger partial charge is 0.400 e. The summed E-state index contributed by atoms with van der Waals surface area (Å²) in [6.07, 6.45) is 0.396. The minimum absolute atomic E-state index is 0.396. The summed E-state index contributed by atoms with van der Waals surface area (Å²) in [5.74, 6) is 2.04. The van der Waals surface area contributed by atoms with Crippen LogP contribution < -0.4 is 9.47 Å². The summed E-state index contributed by atoms with van der Waals surface area (Å²) in [6, 6.07) is 15.4. The van der Waals surface area contributed by atoms with E-state index in [2.05, 4.69) is 9.97 Å². The standard InChI is InChI=1S/C14H9N2O2/c1-2-6-10-9(5-1)15-13(16-10)14-17-11-7-3-4-8-12(11)18-14/h1-8H,(H,15,16). The van der Waals surface area contributed by atoms with E-state index in [1.165, 1.54) is 0 Å². The SMILES string of the molecule is c1ccc2c(c1)O[C](c1nc3ccccc3[nH]1)O2. The number of nitrogens with one attached hydrogen (secondary N) is 1. The first kappa shape index (κ1) is 9.53. The molecule has 4 heteroatoms. The maximum absolute atomic E-state index is 5.62. The van der Waals surface area contributed by atoms with Gasteiger partial charge in [0.15, 0.2) is 11.5 Å². The van der Waals surface area contributed by atoms with Crippen LogP contribution in [0, 0.1) is 6.29 Å². The molecular formula is C14H9N2O2. The average molecular weight is 237 g/mol. The highest BCUT2D eigenvalue weighted by atomic mass is 16.7. The van der Waals surface area contributed by atoms with Crippen LogP contribution in [0.25, 0.3) is 11.0 Å². The number of fused-ring (bicyclic) bond motifs is 2. The zero-order valence-corrected chi connectivity index (χ0v) is 9.38. The summed E-state index contributed by atoms with van der Waals surface area (Å²) >= 11 is 0. The quantitative estimate of drug-likeness (QED) is 0.707. The van der Waals surface area contributed by atoms with Crippen molar-refractivity contribution in [3.63, 3.8) is 0 Å². The van der Waals surface area contributed by atoms with Crippen LogP contribution in [0.3, 0.4) is 0 Å². The van der Waals surface area contributed by atoms with E-state index in [-0.39, 0.29) is 0 Å². The summed E-state index contributed by atoms with van der Waals surface area (Å²) in [5.41, 5.74) is 1.85. The second kappa shape index (κ2) is 3.50. The molecule has 0 unspecified atom stereocenters. The van der Waals surface area contributed by atoms with Crippen molar-refractivity contribution in [3.05, 3.63) is 60.6 Å². The van der Waals surface area contributed by atoms with E-state index in [0.29, 0.717) is 23.6 Å². The van der Waals surface area contributed by atoms with Gasteiger partial charge >= 0.3 is 6.29 Å². The van der Waals surface area contributed by atoms with Crippen molar-refractivity contribution in [2.24, 2.45) is 0 Å². The highest BCUT2D eigenvalue weighted by molar-refractivity contribution is 5.75. The summed E-state index contributed by atoms with van der Waals surface area (Å²) in [6.45, 7) is 0. The second-order valence-electron chi connectivity index (χ2n) is 4.04. The van der Waals surface area contributed by atoms with Gasteiger partial charge in [0.1, 0.15) is 0 Å². The van der Waals surface area contributed by atoms with Gasteiger partial charge in [-0.2, -0.15) is 0 Å². The van der Waals surface area contributed by atoms with Crippen molar-refractivity contribution in [1.29, 1.82) is 0 Å². The fourth-order valence-electron chi connectivity index (χ4n) is 1.99. The van der Waals surface area contributed by atoms with Gasteiger partial charge in [-0.25, -0.2) is 4.98 Å². The molecule has 0 aliphatic carbocycles. The number of rotatable bonds is 1. The number of H-pyrrole nitrogens is 1. The molecule has 1 aromatic heterocycles. The van der Waals surface area contributed by atoms with E-state index in [0.717, 1.165) is 11.0 Å². The van der Waals surface area contributed by atoms with Gasteiger partial charge in [-0.05, 0) is 24.3 Å². The lowest BCUT2D eigenvalue weighted by atomic mass is 10.3. The Labute approximate surface area is 103 Å². The van der Waals surface area contributed by atoms with Crippen LogP contribution in [-0.2, 0) is 0 Å². The van der Waals surface area contributed by atoms with Gasteiger partial charge in [0, 0.05) is 0 Å². The van der Waals surface area contributed by atoms with E-state index in [4.69, 9.17) is 9.47 Å². The molecule has 0 amide bonds. The first-order valence-electron chi connectivity index (χ1n) is 5.67. The highest BCUT2D eigenvalue weighted by Crippen LogP contribution is 2.38. The van der Waals surface area contributed by atoms with Crippen LogP contribution in [0.5, 0.6) is 11.5 Å². The average Bonchev–Trinajstić information content (AvgIpc) is 3.02. The van der Waals surface area contributed by atoms with Crippen molar-refractivity contribution in [3.8, 4) is 11.5 Å². The first-order valence-corrected chi connectivity index (χ1v) is 5.67. The molecule has 0 atom stereocenters. The normalized spacial score (nSPS) is 14.2.